The fourth-order valence-corrected chi connectivity index (χ4v) is 1.83. The number of nitrogens with two attached hydrogens (primary N) is 1. The van der Waals surface area contributed by atoms with Crippen LogP contribution in [0.15, 0.2) is 22.6 Å². The molecule has 0 bridgehead atoms. The smallest absolute Gasteiger partial charge is 0.227 e. The van der Waals surface area contributed by atoms with Crippen molar-refractivity contribution in [2.45, 2.75) is 19.8 Å². The highest BCUT2D eigenvalue weighted by atomic mass is 16.3. The maximum Gasteiger partial charge on any atom is 0.227 e. The lowest BCUT2D eigenvalue weighted by Crippen LogP contribution is -2.32. The molecular formula is C13H17N3O2. The number of amides is 1. The summed E-state index contributed by atoms with van der Waals surface area (Å²) in [5, 5.41) is 2.77. The molecule has 0 aliphatic carbocycles. The summed E-state index contributed by atoms with van der Waals surface area (Å²) < 4.78 is 5.46. The van der Waals surface area contributed by atoms with E-state index >= 15 is 0 Å². The molecule has 0 aliphatic rings. The number of hydrogen-bond donors (Lipinski definition) is 2. The lowest BCUT2D eigenvalue weighted by molar-refractivity contribution is -0.122. The Bertz CT molecular complexity index is 562. The highest BCUT2D eigenvalue weighted by molar-refractivity contribution is 5.84. The molecule has 0 spiro atoms. The molecule has 2 aromatic rings. The van der Waals surface area contributed by atoms with E-state index in [0.717, 1.165) is 11.1 Å². The minimum Gasteiger partial charge on any atom is -0.441 e. The van der Waals surface area contributed by atoms with E-state index in [1.165, 1.54) is 0 Å². The zero-order valence-corrected chi connectivity index (χ0v) is 10.6. The van der Waals surface area contributed by atoms with Crippen molar-refractivity contribution in [1.29, 1.82) is 0 Å². The summed E-state index contributed by atoms with van der Waals surface area (Å²) in [5.74, 6) is 0.366. The Hall–Kier alpha value is -1.88. The number of oxazole rings is 1. The summed E-state index contributed by atoms with van der Waals surface area (Å²) in [6.45, 7) is 4.60. The molecule has 0 fully saturated rings. The van der Waals surface area contributed by atoms with Crippen LogP contribution in [0.2, 0.25) is 0 Å². The first-order valence-electron chi connectivity index (χ1n) is 5.96. The van der Waals surface area contributed by atoms with Crippen LogP contribution in [-0.2, 0) is 4.79 Å². The molecule has 1 aromatic carbocycles. The molecule has 1 amide bonds. The zero-order valence-electron chi connectivity index (χ0n) is 10.6. The SMILES string of the molecule is Cc1nc2ccc(C(C)C(=O)NCCN)cc2o1. The van der Waals surface area contributed by atoms with E-state index in [1.807, 2.05) is 25.1 Å². The van der Waals surface area contributed by atoms with E-state index < -0.39 is 0 Å². The number of aromatic nitrogens is 1. The third-order valence-electron chi connectivity index (χ3n) is 2.86. The van der Waals surface area contributed by atoms with Crippen molar-refractivity contribution >= 4 is 17.0 Å². The zero-order chi connectivity index (χ0) is 13.1. The van der Waals surface area contributed by atoms with Crippen molar-refractivity contribution in [2.75, 3.05) is 13.1 Å². The van der Waals surface area contributed by atoms with Gasteiger partial charge in [0.1, 0.15) is 5.52 Å². The second-order valence-electron chi connectivity index (χ2n) is 4.26. The molecule has 0 radical (unpaired) electrons. The number of hydrogen-bond acceptors (Lipinski definition) is 4. The van der Waals surface area contributed by atoms with Crippen LogP contribution in [0.5, 0.6) is 0 Å². The molecule has 3 N–H and O–H groups in total. The first-order valence-corrected chi connectivity index (χ1v) is 5.96. The Kier molecular flexibility index (Phi) is 3.62. The number of carbonyl (C=O) groups is 1. The largest absolute Gasteiger partial charge is 0.441 e. The first-order chi connectivity index (χ1) is 8.61. The average molecular weight is 247 g/mol. The number of benzene rings is 1. The first kappa shape index (κ1) is 12.6. The highest BCUT2D eigenvalue weighted by Crippen LogP contribution is 2.22. The fraction of sp³-hybridized carbons (Fsp3) is 0.385. The van der Waals surface area contributed by atoms with E-state index in [0.29, 0.717) is 24.6 Å². The number of carbonyl (C=O) groups excluding carboxylic acids is 1. The Morgan fingerprint density at radius 1 is 1.56 bits per heavy atom. The van der Waals surface area contributed by atoms with E-state index in [1.54, 1.807) is 6.92 Å². The molecule has 5 nitrogen and oxygen atoms in total. The Morgan fingerprint density at radius 2 is 2.33 bits per heavy atom. The molecule has 1 unspecified atom stereocenters. The van der Waals surface area contributed by atoms with Gasteiger partial charge in [-0.3, -0.25) is 4.79 Å². The summed E-state index contributed by atoms with van der Waals surface area (Å²) in [6, 6.07) is 5.63. The fourth-order valence-electron chi connectivity index (χ4n) is 1.83. The van der Waals surface area contributed by atoms with Gasteiger partial charge in [0, 0.05) is 20.0 Å². The van der Waals surface area contributed by atoms with Gasteiger partial charge in [0.15, 0.2) is 11.5 Å². The van der Waals surface area contributed by atoms with Crippen LogP contribution in [0.3, 0.4) is 0 Å². The molecule has 18 heavy (non-hydrogen) atoms. The second kappa shape index (κ2) is 5.18. The third kappa shape index (κ3) is 2.51. The summed E-state index contributed by atoms with van der Waals surface area (Å²) in [6.07, 6.45) is 0. The molecule has 5 heteroatoms. The molecule has 1 atom stereocenters. The van der Waals surface area contributed by atoms with Gasteiger partial charge in [-0.2, -0.15) is 0 Å². The van der Waals surface area contributed by atoms with Gasteiger partial charge >= 0.3 is 0 Å². The van der Waals surface area contributed by atoms with Crippen LogP contribution in [0.1, 0.15) is 24.3 Å². The van der Waals surface area contributed by atoms with E-state index in [2.05, 4.69) is 10.3 Å². The maximum absolute atomic E-state index is 11.8. The Morgan fingerprint density at radius 3 is 3.06 bits per heavy atom. The maximum atomic E-state index is 11.8. The van der Waals surface area contributed by atoms with E-state index in [9.17, 15) is 4.79 Å². The Labute approximate surface area is 105 Å². The quantitative estimate of drug-likeness (QED) is 0.853. The van der Waals surface area contributed by atoms with Crippen molar-refractivity contribution in [3.8, 4) is 0 Å². The van der Waals surface area contributed by atoms with E-state index in [-0.39, 0.29) is 11.8 Å². The lowest BCUT2D eigenvalue weighted by Gasteiger charge is -2.11. The number of nitrogens with one attached hydrogen (secondary N) is 1. The average Bonchev–Trinajstić information content (AvgIpc) is 2.73. The van der Waals surface area contributed by atoms with Gasteiger partial charge in [-0.15, -0.1) is 0 Å². The van der Waals surface area contributed by atoms with Crippen molar-refractivity contribution in [2.24, 2.45) is 5.73 Å². The van der Waals surface area contributed by atoms with Crippen LogP contribution < -0.4 is 11.1 Å². The molecule has 0 aliphatic heterocycles. The summed E-state index contributed by atoms with van der Waals surface area (Å²) in [4.78, 5) is 16.1. The van der Waals surface area contributed by atoms with Gasteiger partial charge in [0.2, 0.25) is 5.91 Å². The van der Waals surface area contributed by atoms with Gasteiger partial charge in [0.25, 0.3) is 0 Å². The summed E-state index contributed by atoms with van der Waals surface area (Å²) in [7, 11) is 0. The predicted octanol–water partition coefficient (Wildman–Crippen LogP) is 1.31. The van der Waals surface area contributed by atoms with Gasteiger partial charge in [-0.1, -0.05) is 6.07 Å². The summed E-state index contributed by atoms with van der Waals surface area (Å²) in [5.41, 5.74) is 7.79. The van der Waals surface area contributed by atoms with E-state index in [4.69, 9.17) is 10.2 Å². The molecule has 0 saturated heterocycles. The molecule has 1 heterocycles. The number of rotatable bonds is 4. The molecule has 96 valence electrons. The topological polar surface area (TPSA) is 81.2 Å². The predicted molar refractivity (Wildman–Crippen MR) is 69.2 cm³/mol. The number of aryl methyl sites for hydroxylation is 1. The van der Waals surface area contributed by atoms with Crippen LogP contribution in [-0.4, -0.2) is 24.0 Å². The minimum atomic E-state index is -0.230. The normalized spacial score (nSPS) is 12.6. The monoisotopic (exact) mass is 247 g/mol. The lowest BCUT2D eigenvalue weighted by atomic mass is 10.00. The van der Waals surface area contributed by atoms with Crippen LogP contribution >= 0.6 is 0 Å². The van der Waals surface area contributed by atoms with Crippen LogP contribution in [0.4, 0.5) is 0 Å². The summed E-state index contributed by atoms with van der Waals surface area (Å²) >= 11 is 0. The van der Waals surface area contributed by atoms with Crippen molar-refractivity contribution in [1.82, 2.24) is 10.3 Å². The second-order valence-corrected chi connectivity index (χ2v) is 4.26. The van der Waals surface area contributed by atoms with Crippen LogP contribution in [0, 0.1) is 6.92 Å². The van der Waals surface area contributed by atoms with Crippen molar-refractivity contribution < 1.29 is 9.21 Å². The standard InChI is InChI=1S/C13H17N3O2/c1-8(13(17)15-6-5-14)10-3-4-11-12(7-10)18-9(2)16-11/h3-4,7-8H,5-6,14H2,1-2H3,(H,15,17). The molecule has 0 saturated carbocycles. The number of fused-ring (bicyclic) bond motifs is 1. The van der Waals surface area contributed by atoms with Gasteiger partial charge < -0.3 is 15.5 Å². The molecule has 1 aromatic heterocycles. The van der Waals surface area contributed by atoms with Gasteiger partial charge in [-0.25, -0.2) is 4.98 Å². The van der Waals surface area contributed by atoms with Crippen molar-refractivity contribution in [3.63, 3.8) is 0 Å². The van der Waals surface area contributed by atoms with Gasteiger partial charge in [-0.05, 0) is 24.6 Å². The third-order valence-corrected chi connectivity index (χ3v) is 2.86. The van der Waals surface area contributed by atoms with Crippen molar-refractivity contribution in [3.05, 3.63) is 29.7 Å². The highest BCUT2D eigenvalue weighted by Gasteiger charge is 2.15. The number of nitrogens with zero attached hydrogens (tertiary/aromatic N) is 1. The minimum absolute atomic E-state index is 0.0314. The molecule has 2 rings (SSSR count). The Balaban J connectivity index is 2.21. The van der Waals surface area contributed by atoms with Crippen LogP contribution in [0.25, 0.3) is 11.1 Å². The van der Waals surface area contributed by atoms with Gasteiger partial charge in [0.05, 0.1) is 5.92 Å². The molecular weight excluding hydrogens is 230 g/mol.